The van der Waals surface area contributed by atoms with Crippen molar-refractivity contribution < 1.29 is 13.9 Å². The summed E-state index contributed by atoms with van der Waals surface area (Å²) < 4.78 is 10.9. The number of carbonyl (C=O) groups excluding carboxylic acids is 1. The number of ether oxygens (including phenoxy) is 1. The van der Waals surface area contributed by atoms with Crippen LogP contribution in [0, 0.1) is 0 Å². The predicted octanol–water partition coefficient (Wildman–Crippen LogP) is 2.91. The highest BCUT2D eigenvalue weighted by Crippen LogP contribution is 2.23. The Morgan fingerprint density at radius 1 is 1.27 bits per heavy atom. The number of carbonyl (C=O) groups is 1. The number of aryl methyl sites for hydroxylation is 1. The zero-order valence-electron chi connectivity index (χ0n) is 12.7. The average molecular weight is 300 g/mol. The van der Waals surface area contributed by atoms with Crippen molar-refractivity contribution in [1.29, 1.82) is 0 Å². The van der Waals surface area contributed by atoms with Gasteiger partial charge in [0.1, 0.15) is 5.75 Å². The number of rotatable bonds is 5. The SMILES string of the molecule is COc1ccc(-c2cnc(CCC(=O)N3CCCC3)o2)cc1. The lowest BCUT2D eigenvalue weighted by Gasteiger charge is -2.14. The Morgan fingerprint density at radius 2 is 2.00 bits per heavy atom. The van der Waals surface area contributed by atoms with E-state index in [2.05, 4.69) is 4.98 Å². The van der Waals surface area contributed by atoms with Crippen LogP contribution < -0.4 is 4.74 Å². The van der Waals surface area contributed by atoms with Crippen LogP contribution in [0.1, 0.15) is 25.2 Å². The molecule has 22 heavy (non-hydrogen) atoms. The van der Waals surface area contributed by atoms with Gasteiger partial charge in [0, 0.05) is 31.5 Å². The van der Waals surface area contributed by atoms with E-state index in [9.17, 15) is 4.79 Å². The highest BCUT2D eigenvalue weighted by atomic mass is 16.5. The Kier molecular flexibility index (Phi) is 4.42. The standard InChI is InChI=1S/C17H20N2O3/c1-21-14-6-4-13(5-7-14)15-12-18-16(22-15)8-9-17(20)19-10-2-3-11-19/h4-7,12H,2-3,8-11H2,1H3. The highest BCUT2D eigenvalue weighted by molar-refractivity contribution is 5.76. The Labute approximate surface area is 129 Å². The summed E-state index contributed by atoms with van der Waals surface area (Å²) in [5.41, 5.74) is 0.949. The summed E-state index contributed by atoms with van der Waals surface area (Å²) in [5, 5.41) is 0. The lowest BCUT2D eigenvalue weighted by atomic mass is 10.2. The molecule has 0 saturated carbocycles. The van der Waals surface area contributed by atoms with Crippen molar-refractivity contribution in [2.24, 2.45) is 0 Å². The molecular formula is C17H20N2O3. The maximum absolute atomic E-state index is 12.0. The van der Waals surface area contributed by atoms with Crippen LogP contribution in [-0.2, 0) is 11.2 Å². The molecule has 1 aromatic carbocycles. The second-order valence-corrected chi connectivity index (χ2v) is 5.43. The molecular weight excluding hydrogens is 280 g/mol. The Balaban J connectivity index is 1.59. The number of hydrogen-bond acceptors (Lipinski definition) is 4. The quantitative estimate of drug-likeness (QED) is 0.852. The number of aromatic nitrogens is 1. The second kappa shape index (κ2) is 6.64. The molecule has 0 spiro atoms. The summed E-state index contributed by atoms with van der Waals surface area (Å²) in [7, 11) is 1.64. The van der Waals surface area contributed by atoms with Gasteiger partial charge in [0.2, 0.25) is 5.91 Å². The number of benzene rings is 1. The molecule has 1 aliphatic heterocycles. The molecule has 1 fully saturated rings. The zero-order valence-corrected chi connectivity index (χ0v) is 12.7. The number of likely N-dealkylation sites (tertiary alicyclic amines) is 1. The third-order valence-electron chi connectivity index (χ3n) is 3.94. The van der Waals surface area contributed by atoms with E-state index in [1.54, 1.807) is 13.3 Å². The van der Waals surface area contributed by atoms with Crippen LogP contribution in [0.15, 0.2) is 34.9 Å². The van der Waals surface area contributed by atoms with Crippen LogP contribution in [0.2, 0.25) is 0 Å². The number of oxazole rings is 1. The van der Waals surface area contributed by atoms with Gasteiger partial charge < -0.3 is 14.1 Å². The third-order valence-corrected chi connectivity index (χ3v) is 3.94. The van der Waals surface area contributed by atoms with Crippen LogP contribution in [-0.4, -0.2) is 36.0 Å². The van der Waals surface area contributed by atoms with Crippen LogP contribution in [0.5, 0.6) is 5.75 Å². The minimum Gasteiger partial charge on any atom is -0.497 e. The van der Waals surface area contributed by atoms with Crippen LogP contribution in [0.4, 0.5) is 0 Å². The summed E-state index contributed by atoms with van der Waals surface area (Å²) in [4.78, 5) is 18.2. The van der Waals surface area contributed by atoms with Gasteiger partial charge in [-0.3, -0.25) is 4.79 Å². The lowest BCUT2D eigenvalue weighted by Crippen LogP contribution is -2.27. The Morgan fingerprint density at radius 3 is 2.68 bits per heavy atom. The first-order valence-corrected chi connectivity index (χ1v) is 7.63. The van der Waals surface area contributed by atoms with E-state index in [-0.39, 0.29) is 5.91 Å². The monoisotopic (exact) mass is 300 g/mol. The van der Waals surface area contributed by atoms with Crippen LogP contribution >= 0.6 is 0 Å². The molecule has 1 saturated heterocycles. The molecule has 0 radical (unpaired) electrons. The highest BCUT2D eigenvalue weighted by Gasteiger charge is 2.18. The molecule has 0 bridgehead atoms. The molecule has 5 nitrogen and oxygen atoms in total. The molecule has 2 aromatic rings. The van der Waals surface area contributed by atoms with Crippen molar-refractivity contribution in [2.75, 3.05) is 20.2 Å². The van der Waals surface area contributed by atoms with Crippen molar-refractivity contribution in [3.8, 4) is 17.1 Å². The molecule has 0 N–H and O–H groups in total. The smallest absolute Gasteiger partial charge is 0.223 e. The minimum atomic E-state index is 0.196. The van der Waals surface area contributed by atoms with Crippen LogP contribution in [0.3, 0.4) is 0 Å². The molecule has 0 unspecified atom stereocenters. The average Bonchev–Trinajstić information content (AvgIpc) is 3.24. The molecule has 0 atom stereocenters. The van der Waals surface area contributed by atoms with Crippen LogP contribution in [0.25, 0.3) is 11.3 Å². The van der Waals surface area contributed by atoms with Gasteiger partial charge in [0.25, 0.3) is 0 Å². The molecule has 3 rings (SSSR count). The number of methoxy groups -OCH3 is 1. The lowest BCUT2D eigenvalue weighted by molar-refractivity contribution is -0.130. The molecule has 1 aliphatic rings. The fraction of sp³-hybridized carbons (Fsp3) is 0.412. The van der Waals surface area contributed by atoms with Crippen molar-refractivity contribution >= 4 is 5.91 Å². The fourth-order valence-electron chi connectivity index (χ4n) is 2.65. The van der Waals surface area contributed by atoms with Gasteiger partial charge in [0.15, 0.2) is 11.7 Å². The van der Waals surface area contributed by atoms with Gasteiger partial charge in [-0.05, 0) is 37.1 Å². The largest absolute Gasteiger partial charge is 0.497 e. The van der Waals surface area contributed by atoms with Crippen molar-refractivity contribution in [1.82, 2.24) is 9.88 Å². The molecule has 116 valence electrons. The summed E-state index contributed by atoms with van der Waals surface area (Å²) >= 11 is 0. The number of amides is 1. The summed E-state index contributed by atoms with van der Waals surface area (Å²) in [5.74, 6) is 2.33. The third kappa shape index (κ3) is 3.30. The van der Waals surface area contributed by atoms with E-state index in [1.165, 1.54) is 0 Å². The van der Waals surface area contributed by atoms with Gasteiger partial charge >= 0.3 is 0 Å². The molecule has 1 amide bonds. The predicted molar refractivity (Wildman–Crippen MR) is 82.6 cm³/mol. The van der Waals surface area contributed by atoms with E-state index < -0.39 is 0 Å². The van der Waals surface area contributed by atoms with E-state index in [4.69, 9.17) is 9.15 Å². The first-order chi connectivity index (χ1) is 10.8. The van der Waals surface area contributed by atoms with Gasteiger partial charge in [0.05, 0.1) is 13.3 Å². The van der Waals surface area contributed by atoms with Crippen molar-refractivity contribution in [2.45, 2.75) is 25.7 Å². The summed E-state index contributed by atoms with van der Waals surface area (Å²) in [6.07, 6.45) is 4.95. The van der Waals surface area contributed by atoms with Crippen molar-refractivity contribution in [3.05, 3.63) is 36.4 Å². The molecule has 0 aliphatic carbocycles. The minimum absolute atomic E-state index is 0.196. The summed E-state index contributed by atoms with van der Waals surface area (Å²) in [6.45, 7) is 1.78. The van der Waals surface area contributed by atoms with E-state index in [1.807, 2.05) is 29.2 Å². The fourth-order valence-corrected chi connectivity index (χ4v) is 2.65. The first kappa shape index (κ1) is 14.6. The topological polar surface area (TPSA) is 55.6 Å². The van der Waals surface area contributed by atoms with Gasteiger partial charge in [-0.25, -0.2) is 4.98 Å². The molecule has 2 heterocycles. The maximum Gasteiger partial charge on any atom is 0.223 e. The van der Waals surface area contributed by atoms with Gasteiger partial charge in [-0.1, -0.05) is 0 Å². The van der Waals surface area contributed by atoms with Gasteiger partial charge in [-0.15, -0.1) is 0 Å². The van der Waals surface area contributed by atoms with E-state index in [0.717, 1.165) is 37.2 Å². The second-order valence-electron chi connectivity index (χ2n) is 5.43. The summed E-state index contributed by atoms with van der Waals surface area (Å²) in [6, 6.07) is 7.62. The molecule has 1 aromatic heterocycles. The normalized spacial score (nSPS) is 14.3. The zero-order chi connectivity index (χ0) is 15.4. The Bertz CT molecular complexity index is 628. The maximum atomic E-state index is 12.0. The van der Waals surface area contributed by atoms with E-state index >= 15 is 0 Å². The van der Waals surface area contributed by atoms with E-state index in [0.29, 0.717) is 24.5 Å². The first-order valence-electron chi connectivity index (χ1n) is 7.63. The van der Waals surface area contributed by atoms with Crippen molar-refractivity contribution in [3.63, 3.8) is 0 Å². The van der Waals surface area contributed by atoms with Gasteiger partial charge in [-0.2, -0.15) is 0 Å². The number of hydrogen-bond donors (Lipinski definition) is 0. The Hall–Kier alpha value is -2.30. The number of nitrogens with zero attached hydrogens (tertiary/aromatic N) is 2. The molecule has 5 heteroatoms.